The molecule has 1 aromatic carbocycles. The Labute approximate surface area is 143 Å². The molecule has 0 aliphatic heterocycles. The standard InChI is InChI=1S/C14H11Cl2NO5S/c15-8-1-3-10(16)11(5-8)17-13(18)7-23(21)6-9-2-4-12(22-9)14(19)20/h1-5H,6-7H2,(H,17,18)(H,19,20). The van der Waals surface area contributed by atoms with E-state index in [1.807, 2.05) is 0 Å². The van der Waals surface area contributed by atoms with Gasteiger partial charge in [0.2, 0.25) is 11.7 Å². The SMILES string of the molecule is O=C(CS(=O)Cc1ccc(C(=O)O)o1)Nc1cc(Cl)ccc1Cl. The Balaban J connectivity index is 1.92. The van der Waals surface area contributed by atoms with E-state index >= 15 is 0 Å². The molecule has 9 heteroatoms. The number of aromatic carboxylic acids is 1. The summed E-state index contributed by atoms with van der Waals surface area (Å²) < 4.78 is 16.9. The fraction of sp³-hybridized carbons (Fsp3) is 0.143. The van der Waals surface area contributed by atoms with Crippen molar-refractivity contribution >= 4 is 51.6 Å². The van der Waals surface area contributed by atoms with E-state index in [1.165, 1.54) is 24.3 Å². The van der Waals surface area contributed by atoms with Gasteiger partial charge in [-0.1, -0.05) is 23.2 Å². The third-order valence-electron chi connectivity index (χ3n) is 2.67. The van der Waals surface area contributed by atoms with Crippen LogP contribution in [-0.4, -0.2) is 26.9 Å². The number of hydrogen-bond acceptors (Lipinski definition) is 4. The fourth-order valence-corrected chi connectivity index (χ4v) is 2.98. The zero-order valence-corrected chi connectivity index (χ0v) is 13.9. The van der Waals surface area contributed by atoms with Gasteiger partial charge in [0, 0.05) is 15.8 Å². The van der Waals surface area contributed by atoms with Gasteiger partial charge in [-0.3, -0.25) is 9.00 Å². The lowest BCUT2D eigenvalue weighted by Gasteiger charge is -2.07. The number of carbonyl (C=O) groups is 2. The molecule has 2 aromatic rings. The van der Waals surface area contributed by atoms with Crippen LogP contribution in [0.15, 0.2) is 34.7 Å². The molecule has 1 heterocycles. The molecule has 2 N–H and O–H groups in total. The van der Waals surface area contributed by atoms with Gasteiger partial charge in [0.05, 0.1) is 16.5 Å². The lowest BCUT2D eigenvalue weighted by Crippen LogP contribution is -2.20. The van der Waals surface area contributed by atoms with Gasteiger partial charge in [-0.05, 0) is 30.3 Å². The third-order valence-corrected chi connectivity index (χ3v) is 4.43. The average molecular weight is 376 g/mol. The predicted octanol–water partition coefficient (Wildman–Crippen LogP) is 3.17. The Hall–Kier alpha value is -1.83. The molecular weight excluding hydrogens is 365 g/mol. The summed E-state index contributed by atoms with van der Waals surface area (Å²) in [6.07, 6.45) is 0. The maximum absolute atomic E-state index is 11.9. The maximum atomic E-state index is 11.9. The summed E-state index contributed by atoms with van der Waals surface area (Å²) in [5.74, 6) is -2.08. The second-order valence-corrected chi connectivity index (χ2v) is 6.77. The number of halogens is 2. The van der Waals surface area contributed by atoms with Crippen molar-refractivity contribution in [2.75, 3.05) is 11.1 Å². The number of rotatable bonds is 6. The van der Waals surface area contributed by atoms with Crippen LogP contribution in [0.4, 0.5) is 5.69 Å². The van der Waals surface area contributed by atoms with E-state index in [0.717, 1.165) is 0 Å². The van der Waals surface area contributed by atoms with Crippen LogP contribution in [0.2, 0.25) is 10.0 Å². The number of carboxylic acids is 1. The monoisotopic (exact) mass is 375 g/mol. The van der Waals surface area contributed by atoms with Crippen molar-refractivity contribution in [1.29, 1.82) is 0 Å². The molecule has 0 radical (unpaired) electrons. The molecule has 1 aromatic heterocycles. The van der Waals surface area contributed by atoms with Gasteiger partial charge in [-0.25, -0.2) is 4.79 Å². The molecule has 0 bridgehead atoms. The third kappa shape index (κ3) is 5.09. The lowest BCUT2D eigenvalue weighted by molar-refractivity contribution is -0.113. The summed E-state index contributed by atoms with van der Waals surface area (Å²) in [7, 11) is -1.56. The van der Waals surface area contributed by atoms with E-state index in [2.05, 4.69) is 5.32 Å². The highest BCUT2D eigenvalue weighted by Crippen LogP contribution is 2.25. The molecule has 23 heavy (non-hydrogen) atoms. The van der Waals surface area contributed by atoms with Crippen LogP contribution in [0.5, 0.6) is 0 Å². The lowest BCUT2D eigenvalue weighted by atomic mass is 10.3. The molecule has 0 aliphatic carbocycles. The largest absolute Gasteiger partial charge is 0.475 e. The molecule has 0 aliphatic rings. The smallest absolute Gasteiger partial charge is 0.371 e. The number of hydrogen-bond donors (Lipinski definition) is 2. The van der Waals surface area contributed by atoms with Crippen LogP contribution < -0.4 is 5.32 Å². The van der Waals surface area contributed by atoms with Crippen molar-refractivity contribution in [2.24, 2.45) is 0 Å². The summed E-state index contributed by atoms with van der Waals surface area (Å²) in [6, 6.07) is 7.27. The van der Waals surface area contributed by atoms with Gasteiger partial charge >= 0.3 is 5.97 Å². The van der Waals surface area contributed by atoms with Gasteiger partial charge in [-0.2, -0.15) is 0 Å². The summed E-state index contributed by atoms with van der Waals surface area (Å²) >= 11 is 11.7. The van der Waals surface area contributed by atoms with Crippen LogP contribution in [0, 0.1) is 0 Å². The summed E-state index contributed by atoms with van der Waals surface area (Å²) in [5.41, 5.74) is 0.326. The molecule has 1 unspecified atom stereocenters. The van der Waals surface area contributed by atoms with E-state index in [1.54, 1.807) is 6.07 Å². The first-order valence-corrected chi connectivity index (χ1v) is 8.51. The van der Waals surface area contributed by atoms with Crippen LogP contribution >= 0.6 is 23.2 Å². The highest BCUT2D eigenvalue weighted by atomic mass is 35.5. The van der Waals surface area contributed by atoms with Crippen molar-refractivity contribution in [2.45, 2.75) is 5.75 Å². The molecule has 122 valence electrons. The molecule has 6 nitrogen and oxygen atoms in total. The van der Waals surface area contributed by atoms with Crippen molar-refractivity contribution in [3.63, 3.8) is 0 Å². The number of benzene rings is 1. The Morgan fingerprint density at radius 2 is 1.96 bits per heavy atom. The number of anilines is 1. The first-order valence-electron chi connectivity index (χ1n) is 6.27. The predicted molar refractivity (Wildman–Crippen MR) is 87.5 cm³/mol. The number of furan rings is 1. The van der Waals surface area contributed by atoms with Crippen LogP contribution in [0.25, 0.3) is 0 Å². The summed E-state index contributed by atoms with van der Waals surface area (Å²) in [6.45, 7) is 0. The first kappa shape index (κ1) is 17.5. The van der Waals surface area contributed by atoms with Crippen LogP contribution in [0.1, 0.15) is 16.3 Å². The normalized spacial score (nSPS) is 11.9. The van der Waals surface area contributed by atoms with Gasteiger partial charge in [0.15, 0.2) is 0 Å². The number of carboxylic acid groups (broad SMARTS) is 1. The Kier molecular flexibility index (Phi) is 5.81. The first-order chi connectivity index (χ1) is 10.8. The minimum Gasteiger partial charge on any atom is -0.475 e. The highest BCUT2D eigenvalue weighted by molar-refractivity contribution is 7.84. The Morgan fingerprint density at radius 3 is 2.61 bits per heavy atom. The van der Waals surface area contributed by atoms with Crippen molar-refractivity contribution in [3.8, 4) is 0 Å². The molecule has 1 amide bonds. The van der Waals surface area contributed by atoms with E-state index < -0.39 is 22.7 Å². The van der Waals surface area contributed by atoms with E-state index in [9.17, 15) is 13.8 Å². The topological polar surface area (TPSA) is 96.6 Å². The van der Waals surface area contributed by atoms with Gasteiger partial charge in [0.25, 0.3) is 0 Å². The zero-order chi connectivity index (χ0) is 17.0. The minimum atomic E-state index is -1.56. The summed E-state index contributed by atoms with van der Waals surface area (Å²) in [5, 5.41) is 12.0. The van der Waals surface area contributed by atoms with Gasteiger partial charge in [0.1, 0.15) is 11.5 Å². The maximum Gasteiger partial charge on any atom is 0.371 e. The Morgan fingerprint density at radius 1 is 1.22 bits per heavy atom. The van der Waals surface area contributed by atoms with Crippen molar-refractivity contribution in [1.82, 2.24) is 0 Å². The number of amides is 1. The quantitative estimate of drug-likeness (QED) is 0.807. The zero-order valence-electron chi connectivity index (χ0n) is 11.5. The highest BCUT2D eigenvalue weighted by Gasteiger charge is 2.14. The van der Waals surface area contributed by atoms with Crippen LogP contribution in [-0.2, 0) is 21.3 Å². The molecule has 0 fully saturated rings. The molecular formula is C14H11Cl2NO5S. The molecule has 2 rings (SSSR count). The van der Waals surface area contributed by atoms with E-state index in [0.29, 0.717) is 15.7 Å². The van der Waals surface area contributed by atoms with Crippen LogP contribution in [0.3, 0.4) is 0 Å². The molecule has 1 atom stereocenters. The van der Waals surface area contributed by atoms with E-state index in [-0.39, 0.29) is 23.0 Å². The second kappa shape index (κ2) is 7.63. The van der Waals surface area contributed by atoms with Gasteiger partial charge in [-0.15, -0.1) is 0 Å². The molecule has 0 saturated carbocycles. The van der Waals surface area contributed by atoms with Crippen molar-refractivity contribution in [3.05, 3.63) is 51.9 Å². The molecule has 0 saturated heterocycles. The second-order valence-electron chi connectivity index (χ2n) is 4.47. The van der Waals surface area contributed by atoms with Crippen molar-refractivity contribution < 1.29 is 23.3 Å². The fourth-order valence-electron chi connectivity index (χ4n) is 1.71. The minimum absolute atomic E-state index is 0.0655. The number of carbonyl (C=O) groups excluding carboxylic acids is 1. The number of nitrogens with one attached hydrogen (secondary N) is 1. The summed E-state index contributed by atoms with van der Waals surface area (Å²) in [4.78, 5) is 22.5. The Bertz CT molecular complexity index is 774. The van der Waals surface area contributed by atoms with Gasteiger partial charge < -0.3 is 14.8 Å². The molecule has 0 spiro atoms. The average Bonchev–Trinajstić information content (AvgIpc) is 2.91. The van der Waals surface area contributed by atoms with E-state index in [4.69, 9.17) is 32.7 Å².